The normalized spacial score (nSPS) is 24.1. The van der Waals surface area contributed by atoms with Gasteiger partial charge in [-0.25, -0.2) is 16.8 Å². The Hall–Kier alpha value is -1.48. The summed E-state index contributed by atoms with van der Waals surface area (Å²) in [5.74, 6) is 0. The summed E-state index contributed by atoms with van der Waals surface area (Å²) in [6.45, 7) is 5.08. The van der Waals surface area contributed by atoms with E-state index in [4.69, 9.17) is 0 Å². The van der Waals surface area contributed by atoms with Crippen LogP contribution in [0.15, 0.2) is 46.2 Å². The maximum Gasteiger partial charge on any atom is 0.243 e. The van der Waals surface area contributed by atoms with E-state index < -0.39 is 20.0 Å². The summed E-state index contributed by atoms with van der Waals surface area (Å²) >= 11 is 0. The molecule has 2 aliphatic heterocycles. The number of hydrogen-bond acceptors (Lipinski definition) is 4. The number of nitrogens with zero attached hydrogens (tertiary/aromatic N) is 2. The van der Waals surface area contributed by atoms with Crippen LogP contribution in [0.25, 0.3) is 10.8 Å². The molecule has 2 saturated heterocycles. The van der Waals surface area contributed by atoms with E-state index in [2.05, 4.69) is 0 Å². The van der Waals surface area contributed by atoms with Gasteiger partial charge in [0.2, 0.25) is 20.0 Å². The molecule has 6 nitrogen and oxygen atoms in total. The van der Waals surface area contributed by atoms with Crippen molar-refractivity contribution in [2.75, 3.05) is 13.1 Å². The van der Waals surface area contributed by atoms with Crippen LogP contribution in [-0.4, -0.2) is 50.6 Å². The van der Waals surface area contributed by atoms with Crippen molar-refractivity contribution < 1.29 is 16.8 Å². The van der Waals surface area contributed by atoms with Crippen molar-refractivity contribution in [3.05, 3.63) is 36.4 Å². The lowest BCUT2D eigenvalue weighted by Crippen LogP contribution is -2.43. The van der Waals surface area contributed by atoms with Crippen molar-refractivity contribution >= 4 is 30.8 Å². The van der Waals surface area contributed by atoms with E-state index in [0.717, 1.165) is 51.4 Å². The van der Waals surface area contributed by atoms with Crippen LogP contribution in [0.2, 0.25) is 0 Å². The number of rotatable bonds is 6. The highest BCUT2D eigenvalue weighted by Gasteiger charge is 2.36. The van der Waals surface area contributed by atoms with Gasteiger partial charge >= 0.3 is 0 Å². The standard InChI is InChI=1S/C24H34N2O4S2/c1-3-19-11-5-7-17-25(19)31(27,28)23-15-9-14-22-21(23)13-10-16-24(22)32(29,30)26-18-8-6-12-20(26)4-2/h9-10,13-16,19-20H,3-8,11-12,17-18H2,1-2H3/t19-,20-/m1/s1. The quantitative estimate of drug-likeness (QED) is 0.601. The summed E-state index contributed by atoms with van der Waals surface area (Å²) in [6, 6.07) is 10.0. The number of benzene rings is 2. The van der Waals surface area contributed by atoms with Gasteiger partial charge in [-0.1, -0.05) is 51.0 Å². The molecular formula is C24H34N2O4S2. The molecule has 0 spiro atoms. The van der Waals surface area contributed by atoms with E-state index >= 15 is 0 Å². The lowest BCUT2D eigenvalue weighted by atomic mass is 10.0. The van der Waals surface area contributed by atoms with Gasteiger partial charge in [0.1, 0.15) is 0 Å². The molecule has 2 fully saturated rings. The zero-order chi connectivity index (χ0) is 22.9. The summed E-state index contributed by atoms with van der Waals surface area (Å²) in [7, 11) is -7.46. The van der Waals surface area contributed by atoms with Gasteiger partial charge in [0.15, 0.2) is 0 Å². The van der Waals surface area contributed by atoms with Gasteiger partial charge in [0.05, 0.1) is 9.79 Å². The summed E-state index contributed by atoms with van der Waals surface area (Å²) in [5, 5.41) is 0.970. The molecule has 0 aromatic heterocycles. The predicted octanol–water partition coefficient (Wildman–Crippen LogP) is 4.75. The average Bonchev–Trinajstić information content (AvgIpc) is 2.83. The first kappa shape index (κ1) is 23.7. The molecular weight excluding hydrogens is 444 g/mol. The van der Waals surface area contributed by atoms with Crippen LogP contribution in [0, 0.1) is 0 Å². The first-order chi connectivity index (χ1) is 15.3. The van der Waals surface area contributed by atoms with Crippen molar-refractivity contribution in [3.63, 3.8) is 0 Å². The Labute approximate surface area is 192 Å². The van der Waals surface area contributed by atoms with E-state index in [-0.39, 0.29) is 21.9 Å². The van der Waals surface area contributed by atoms with Crippen molar-refractivity contribution in [3.8, 4) is 0 Å². The van der Waals surface area contributed by atoms with Gasteiger partial charge in [0.25, 0.3) is 0 Å². The maximum absolute atomic E-state index is 13.7. The number of piperidine rings is 2. The molecule has 2 heterocycles. The Kier molecular flexibility index (Phi) is 6.96. The third kappa shape index (κ3) is 4.11. The third-order valence-corrected chi connectivity index (χ3v) is 11.1. The van der Waals surface area contributed by atoms with Crippen LogP contribution in [0.3, 0.4) is 0 Å². The minimum absolute atomic E-state index is 0.00502. The lowest BCUT2D eigenvalue weighted by Gasteiger charge is -2.35. The number of sulfonamides is 2. The molecule has 0 amide bonds. The molecule has 2 aliphatic rings. The Morgan fingerprint density at radius 1 is 0.688 bits per heavy atom. The molecule has 32 heavy (non-hydrogen) atoms. The molecule has 2 aromatic rings. The maximum atomic E-state index is 13.7. The zero-order valence-corrected chi connectivity index (χ0v) is 20.7. The second-order valence-corrected chi connectivity index (χ2v) is 12.7. The van der Waals surface area contributed by atoms with Gasteiger partial charge < -0.3 is 0 Å². The molecule has 176 valence electrons. The fourth-order valence-corrected chi connectivity index (χ4v) is 9.30. The van der Waals surface area contributed by atoms with Gasteiger partial charge in [0, 0.05) is 35.9 Å². The SMILES string of the molecule is CC[C@@H]1CCCCN1S(=O)(=O)c1cccc2c(S(=O)(=O)N3CCCC[C@H]3CC)cccc12. The topological polar surface area (TPSA) is 74.8 Å². The lowest BCUT2D eigenvalue weighted by molar-refractivity contribution is 0.246. The summed E-state index contributed by atoms with van der Waals surface area (Å²) in [6.07, 6.45) is 7.07. The Morgan fingerprint density at radius 3 is 1.47 bits per heavy atom. The van der Waals surface area contributed by atoms with E-state index in [0.29, 0.717) is 23.9 Å². The van der Waals surface area contributed by atoms with Crippen LogP contribution in [0.5, 0.6) is 0 Å². The summed E-state index contributed by atoms with van der Waals surface area (Å²) in [5.41, 5.74) is 0. The molecule has 0 bridgehead atoms. The Balaban J connectivity index is 1.83. The highest BCUT2D eigenvalue weighted by atomic mass is 32.2. The van der Waals surface area contributed by atoms with Crippen LogP contribution in [-0.2, 0) is 20.0 Å². The van der Waals surface area contributed by atoms with Crippen LogP contribution in [0.1, 0.15) is 65.2 Å². The second kappa shape index (κ2) is 9.41. The second-order valence-electron chi connectivity index (χ2n) is 8.95. The van der Waals surface area contributed by atoms with Crippen molar-refractivity contribution in [1.29, 1.82) is 0 Å². The van der Waals surface area contributed by atoms with E-state index in [1.807, 2.05) is 13.8 Å². The number of hydrogen-bond donors (Lipinski definition) is 0. The van der Waals surface area contributed by atoms with Crippen molar-refractivity contribution in [2.24, 2.45) is 0 Å². The first-order valence-corrected chi connectivity index (χ1v) is 14.8. The van der Waals surface area contributed by atoms with Crippen LogP contribution in [0.4, 0.5) is 0 Å². The highest BCUT2D eigenvalue weighted by Crippen LogP contribution is 2.35. The molecule has 0 aliphatic carbocycles. The summed E-state index contributed by atoms with van der Waals surface area (Å²) in [4.78, 5) is 0.413. The largest absolute Gasteiger partial charge is 0.243 e. The highest BCUT2D eigenvalue weighted by molar-refractivity contribution is 7.89. The van der Waals surface area contributed by atoms with Crippen LogP contribution < -0.4 is 0 Å². The molecule has 0 saturated carbocycles. The Morgan fingerprint density at radius 2 is 1.09 bits per heavy atom. The average molecular weight is 479 g/mol. The molecule has 0 N–H and O–H groups in total. The van der Waals surface area contributed by atoms with Crippen molar-refractivity contribution in [2.45, 2.75) is 87.1 Å². The van der Waals surface area contributed by atoms with Gasteiger partial charge in [-0.05, 0) is 50.7 Å². The van der Waals surface area contributed by atoms with E-state index in [1.54, 1.807) is 45.0 Å². The Bertz CT molecular complexity index is 1080. The van der Waals surface area contributed by atoms with E-state index in [9.17, 15) is 16.8 Å². The smallest absolute Gasteiger partial charge is 0.207 e. The number of fused-ring (bicyclic) bond motifs is 1. The molecule has 0 unspecified atom stereocenters. The molecule has 2 aromatic carbocycles. The van der Waals surface area contributed by atoms with Crippen LogP contribution >= 0.6 is 0 Å². The van der Waals surface area contributed by atoms with Gasteiger partial charge in [-0.3, -0.25) is 0 Å². The minimum Gasteiger partial charge on any atom is -0.207 e. The fraction of sp³-hybridized carbons (Fsp3) is 0.583. The van der Waals surface area contributed by atoms with E-state index in [1.165, 1.54) is 0 Å². The van der Waals surface area contributed by atoms with Gasteiger partial charge in [-0.15, -0.1) is 0 Å². The molecule has 8 heteroatoms. The minimum atomic E-state index is -3.73. The first-order valence-electron chi connectivity index (χ1n) is 11.9. The molecule has 2 atom stereocenters. The molecule has 0 radical (unpaired) electrons. The monoisotopic (exact) mass is 478 g/mol. The third-order valence-electron chi connectivity index (χ3n) is 7.10. The molecule has 4 rings (SSSR count). The predicted molar refractivity (Wildman–Crippen MR) is 128 cm³/mol. The van der Waals surface area contributed by atoms with Gasteiger partial charge in [-0.2, -0.15) is 8.61 Å². The fourth-order valence-electron chi connectivity index (χ4n) is 5.35. The van der Waals surface area contributed by atoms with Crippen molar-refractivity contribution in [1.82, 2.24) is 8.61 Å². The summed E-state index contributed by atoms with van der Waals surface area (Å²) < 4.78 is 58.0. The zero-order valence-electron chi connectivity index (χ0n) is 19.0.